The zero-order valence-electron chi connectivity index (χ0n) is 22.0. The van der Waals surface area contributed by atoms with E-state index in [2.05, 4.69) is 18.7 Å². The van der Waals surface area contributed by atoms with Crippen LogP contribution in [0.5, 0.6) is 11.5 Å². The first-order chi connectivity index (χ1) is 17.3. The molecule has 0 aromatic heterocycles. The number of rotatable bonds is 10. The standard InChI is InChI=1S/C30H39NO5/c1-5-7-14-31(15-8-6-2)17-21-20-16-22-27(33)26-24(32)10-9-11-25(26)36-30(22)23(21)18-35-29(30,28(20)34)13-12-19(3)4/h9-12,16,20-21,23,32H,5-8,13-15,17-18H2,1-4H3/t20-,21+,23-,29+,30-/m1/s1. The van der Waals surface area contributed by atoms with Gasteiger partial charge in [0, 0.05) is 30.4 Å². The summed E-state index contributed by atoms with van der Waals surface area (Å²) in [4.78, 5) is 30.6. The minimum atomic E-state index is -1.23. The summed E-state index contributed by atoms with van der Waals surface area (Å²) in [6, 6.07) is 4.92. The van der Waals surface area contributed by atoms with Gasteiger partial charge in [-0.2, -0.15) is 0 Å². The van der Waals surface area contributed by atoms with E-state index in [1.807, 2.05) is 26.0 Å². The maximum absolute atomic E-state index is 14.3. The van der Waals surface area contributed by atoms with E-state index >= 15 is 0 Å². The minimum absolute atomic E-state index is 0.0175. The summed E-state index contributed by atoms with van der Waals surface area (Å²) in [6.45, 7) is 11.6. The summed E-state index contributed by atoms with van der Waals surface area (Å²) >= 11 is 0. The van der Waals surface area contributed by atoms with E-state index in [1.54, 1.807) is 12.1 Å². The second kappa shape index (κ2) is 9.46. The van der Waals surface area contributed by atoms with Crippen molar-refractivity contribution in [3.8, 4) is 11.5 Å². The highest BCUT2D eigenvalue weighted by Crippen LogP contribution is 2.65. The van der Waals surface area contributed by atoms with Gasteiger partial charge in [-0.1, -0.05) is 50.5 Å². The van der Waals surface area contributed by atoms with E-state index in [0.29, 0.717) is 24.4 Å². The van der Waals surface area contributed by atoms with Gasteiger partial charge < -0.3 is 19.5 Å². The maximum Gasteiger partial charge on any atom is 0.200 e. The molecule has 6 heteroatoms. The second-order valence-corrected chi connectivity index (χ2v) is 11.2. The average molecular weight is 494 g/mol. The Morgan fingerprint density at radius 3 is 2.56 bits per heavy atom. The molecule has 0 amide bonds. The number of phenols is 1. The van der Waals surface area contributed by atoms with Crippen LogP contribution >= 0.6 is 0 Å². The molecule has 6 rings (SSSR count). The molecule has 5 atom stereocenters. The topological polar surface area (TPSA) is 76.1 Å². The van der Waals surface area contributed by atoms with E-state index < -0.39 is 17.1 Å². The Labute approximate surface area is 214 Å². The van der Waals surface area contributed by atoms with Crippen LogP contribution in [0.15, 0.2) is 41.5 Å². The number of Topliss-reactive ketones (excluding diaryl/α,β-unsaturated/α-hetero) is 2. The zero-order chi connectivity index (χ0) is 25.7. The van der Waals surface area contributed by atoms with Gasteiger partial charge in [0.15, 0.2) is 22.8 Å². The molecule has 2 aliphatic heterocycles. The van der Waals surface area contributed by atoms with Gasteiger partial charge in [-0.15, -0.1) is 0 Å². The largest absolute Gasteiger partial charge is 0.507 e. The molecule has 0 unspecified atom stereocenters. The predicted molar refractivity (Wildman–Crippen MR) is 138 cm³/mol. The Kier molecular flexibility index (Phi) is 6.63. The van der Waals surface area contributed by atoms with Crippen molar-refractivity contribution in [2.24, 2.45) is 17.8 Å². The molecule has 194 valence electrons. The van der Waals surface area contributed by atoms with Crippen molar-refractivity contribution in [2.45, 2.75) is 71.0 Å². The fourth-order valence-corrected chi connectivity index (χ4v) is 6.92. The molecule has 3 aliphatic carbocycles. The molecular formula is C30H39NO5. The number of allylic oxidation sites excluding steroid dienone is 2. The predicted octanol–water partition coefficient (Wildman–Crippen LogP) is 5.10. The van der Waals surface area contributed by atoms with Crippen molar-refractivity contribution in [2.75, 3.05) is 26.2 Å². The normalized spacial score (nSPS) is 31.7. The number of hydrogen-bond acceptors (Lipinski definition) is 6. The number of nitrogens with zero attached hydrogens (tertiary/aromatic N) is 1. The molecule has 1 spiro atoms. The van der Waals surface area contributed by atoms with Gasteiger partial charge in [-0.05, 0) is 57.8 Å². The molecule has 0 radical (unpaired) electrons. The maximum atomic E-state index is 14.3. The highest BCUT2D eigenvalue weighted by Gasteiger charge is 2.79. The van der Waals surface area contributed by atoms with E-state index in [4.69, 9.17) is 9.47 Å². The smallest absolute Gasteiger partial charge is 0.200 e. The number of carbonyl (C=O) groups excluding carboxylic acids is 2. The summed E-state index contributed by atoms with van der Waals surface area (Å²) in [6.07, 6.45) is 8.77. The first-order valence-electron chi connectivity index (χ1n) is 13.6. The van der Waals surface area contributed by atoms with Gasteiger partial charge in [-0.25, -0.2) is 0 Å². The molecule has 1 saturated carbocycles. The van der Waals surface area contributed by atoms with Crippen LogP contribution in [0.25, 0.3) is 0 Å². The average Bonchev–Trinajstić information content (AvgIpc) is 3.14. The third-order valence-electron chi connectivity index (χ3n) is 8.73. The molecule has 1 aromatic rings. The van der Waals surface area contributed by atoms with E-state index in [9.17, 15) is 14.7 Å². The van der Waals surface area contributed by atoms with E-state index in [1.165, 1.54) is 6.07 Å². The molecule has 5 aliphatic rings. The fraction of sp³-hybridized carbons (Fsp3) is 0.600. The fourth-order valence-electron chi connectivity index (χ4n) is 6.92. The Balaban J connectivity index is 1.62. The first kappa shape index (κ1) is 25.2. The molecule has 36 heavy (non-hydrogen) atoms. The molecule has 1 aromatic carbocycles. The van der Waals surface area contributed by atoms with Crippen LogP contribution in [0.2, 0.25) is 0 Å². The lowest BCUT2D eigenvalue weighted by atomic mass is 9.49. The number of ether oxygens (including phenoxy) is 2. The Morgan fingerprint density at radius 1 is 1.17 bits per heavy atom. The summed E-state index contributed by atoms with van der Waals surface area (Å²) in [5, 5.41) is 10.5. The summed E-state index contributed by atoms with van der Waals surface area (Å²) in [7, 11) is 0. The van der Waals surface area contributed by atoms with Crippen molar-refractivity contribution >= 4 is 11.6 Å². The highest BCUT2D eigenvalue weighted by atomic mass is 16.6. The first-order valence-corrected chi connectivity index (χ1v) is 13.6. The van der Waals surface area contributed by atoms with Gasteiger partial charge in [-0.3, -0.25) is 9.59 Å². The molecule has 2 heterocycles. The number of benzene rings is 1. The van der Waals surface area contributed by atoms with Crippen LogP contribution in [-0.2, 0) is 9.53 Å². The van der Waals surface area contributed by atoms with Crippen molar-refractivity contribution < 1.29 is 24.2 Å². The number of unbranched alkanes of at least 4 members (excludes halogenated alkanes) is 2. The van der Waals surface area contributed by atoms with Crippen molar-refractivity contribution in [3.05, 3.63) is 47.1 Å². The number of fused-ring (bicyclic) bond motifs is 1. The van der Waals surface area contributed by atoms with Crippen LogP contribution < -0.4 is 4.74 Å². The summed E-state index contributed by atoms with van der Waals surface area (Å²) < 4.78 is 13.3. The third kappa shape index (κ3) is 3.52. The van der Waals surface area contributed by atoms with Crippen LogP contribution in [0, 0.1) is 17.8 Å². The minimum Gasteiger partial charge on any atom is -0.507 e. The van der Waals surface area contributed by atoms with Gasteiger partial charge in [0.1, 0.15) is 17.1 Å². The van der Waals surface area contributed by atoms with Crippen molar-refractivity contribution in [1.82, 2.24) is 4.90 Å². The third-order valence-corrected chi connectivity index (χ3v) is 8.73. The molecule has 2 fully saturated rings. The monoisotopic (exact) mass is 493 g/mol. The lowest BCUT2D eigenvalue weighted by molar-refractivity contribution is -0.171. The summed E-state index contributed by atoms with van der Waals surface area (Å²) in [5.41, 5.74) is -0.619. The number of ketones is 2. The van der Waals surface area contributed by atoms with Crippen LogP contribution in [0.1, 0.15) is 70.2 Å². The van der Waals surface area contributed by atoms with Gasteiger partial charge >= 0.3 is 0 Å². The molecule has 4 bridgehead atoms. The van der Waals surface area contributed by atoms with Gasteiger partial charge in [0.2, 0.25) is 0 Å². The lowest BCUT2D eigenvalue weighted by Crippen LogP contribution is -2.74. The number of hydrogen-bond donors (Lipinski definition) is 1. The highest BCUT2D eigenvalue weighted by molar-refractivity contribution is 6.18. The number of carbonyl (C=O) groups is 2. The van der Waals surface area contributed by atoms with E-state index in [-0.39, 0.29) is 34.7 Å². The van der Waals surface area contributed by atoms with E-state index in [0.717, 1.165) is 50.9 Å². The Bertz CT molecular complexity index is 1110. The van der Waals surface area contributed by atoms with Crippen molar-refractivity contribution in [1.29, 1.82) is 0 Å². The SMILES string of the molecule is CCCCN(CCCC)C[C@@H]1[C@H]2CO[C@@]3(CC=C(C)C)C(=O)[C@@H]1C=C1C(=O)c4c(O)cccc4O[C@]123. The summed E-state index contributed by atoms with van der Waals surface area (Å²) in [5.74, 6) is -0.448. The van der Waals surface area contributed by atoms with Crippen LogP contribution in [0.3, 0.4) is 0 Å². The molecule has 1 N–H and O–H groups in total. The van der Waals surface area contributed by atoms with Gasteiger partial charge in [0.25, 0.3) is 0 Å². The molecule has 1 saturated heterocycles. The number of phenolic OH excluding ortho intramolecular Hbond substituents is 1. The molecule has 6 nitrogen and oxygen atoms in total. The Hall–Kier alpha value is -2.44. The molecular weight excluding hydrogens is 454 g/mol. The second-order valence-electron chi connectivity index (χ2n) is 11.2. The Morgan fingerprint density at radius 2 is 1.89 bits per heavy atom. The quantitative estimate of drug-likeness (QED) is 0.457. The van der Waals surface area contributed by atoms with Crippen molar-refractivity contribution in [3.63, 3.8) is 0 Å². The van der Waals surface area contributed by atoms with Crippen LogP contribution in [-0.4, -0.2) is 59.0 Å². The van der Waals surface area contributed by atoms with Crippen LogP contribution in [0.4, 0.5) is 0 Å². The lowest BCUT2D eigenvalue weighted by Gasteiger charge is -2.58. The van der Waals surface area contributed by atoms with Gasteiger partial charge in [0.05, 0.1) is 6.61 Å². The number of aromatic hydroxyl groups is 1. The zero-order valence-corrected chi connectivity index (χ0v) is 22.0.